The molecule has 0 amide bonds. The van der Waals surface area contributed by atoms with E-state index in [1.807, 2.05) is 19.0 Å². The van der Waals surface area contributed by atoms with Crippen molar-refractivity contribution in [2.24, 2.45) is 0 Å². The van der Waals surface area contributed by atoms with Crippen LogP contribution >= 0.6 is 11.6 Å². The first-order valence-corrected chi connectivity index (χ1v) is 17.4. The summed E-state index contributed by atoms with van der Waals surface area (Å²) in [7, 11) is 2.14. The summed E-state index contributed by atoms with van der Waals surface area (Å²) in [5, 5.41) is 2.46. The number of aromatic nitrogens is 2. The number of halogens is 5. The molecule has 49 heavy (non-hydrogen) atoms. The third-order valence-electron chi connectivity index (χ3n) is 8.98. The van der Waals surface area contributed by atoms with Crippen LogP contribution in [0.5, 0.6) is 11.5 Å². The number of alkyl halides is 4. The third-order valence-corrected chi connectivity index (χ3v) is 11.2. The maximum Gasteiger partial charge on any atom is 0.416 e. The Labute approximate surface area is 288 Å². The summed E-state index contributed by atoms with van der Waals surface area (Å²) in [5.41, 5.74) is 0.416. The van der Waals surface area contributed by atoms with Crippen LogP contribution in [0.2, 0.25) is 0 Å². The molecular weight excluding hydrogens is 686 g/mol. The molecule has 2 aromatic carbocycles. The Kier molecular flexibility index (Phi) is 11.2. The lowest BCUT2D eigenvalue weighted by atomic mass is 9.77. The van der Waals surface area contributed by atoms with Crippen molar-refractivity contribution in [3.05, 3.63) is 101 Å². The number of nitrogens with one attached hydrogen (secondary N) is 1. The van der Waals surface area contributed by atoms with E-state index in [1.165, 1.54) is 57.1 Å². The molecule has 15 heteroatoms. The van der Waals surface area contributed by atoms with Crippen molar-refractivity contribution in [2.75, 3.05) is 32.6 Å². The van der Waals surface area contributed by atoms with Crippen LogP contribution < -0.4 is 19.1 Å². The number of sulfonamides is 1. The number of hydrogen-bond donors (Lipinski definition) is 1. The van der Waals surface area contributed by atoms with Crippen LogP contribution in [-0.2, 0) is 22.7 Å². The van der Waals surface area contributed by atoms with Gasteiger partial charge in [-0.15, -0.1) is 11.6 Å². The Balaban J connectivity index is 1.37. The average Bonchev–Trinajstić information content (AvgIpc) is 3.08. The first-order valence-electron chi connectivity index (χ1n) is 15.6. The van der Waals surface area contributed by atoms with E-state index in [4.69, 9.17) is 21.1 Å². The highest BCUT2D eigenvalue weighted by atomic mass is 35.5. The molecule has 5 atom stereocenters. The quantitative estimate of drug-likeness (QED) is 0.179. The monoisotopic (exact) mass is 723 g/mol. The molecular formula is C34H38ClF4N5O4S. The zero-order chi connectivity index (χ0) is 35.5. The molecule has 2 aliphatic carbocycles. The number of hydrogen-bond acceptors (Lipinski definition) is 8. The van der Waals surface area contributed by atoms with Crippen molar-refractivity contribution in [3.63, 3.8) is 0 Å². The number of likely N-dealkylation sites (N-methyl/N-ethyl adjacent to an activating group) is 1. The van der Waals surface area contributed by atoms with Crippen molar-refractivity contribution in [3.8, 4) is 11.5 Å². The molecule has 5 rings (SSSR count). The highest BCUT2D eigenvalue weighted by Crippen LogP contribution is 2.39. The molecule has 3 aromatic rings. The van der Waals surface area contributed by atoms with Crippen LogP contribution in [0.25, 0.3) is 0 Å². The van der Waals surface area contributed by atoms with E-state index < -0.39 is 43.9 Å². The van der Waals surface area contributed by atoms with Gasteiger partial charge in [0.15, 0.2) is 0 Å². The SMILES string of the molecule is COc1ccc(CN(c2ccncn2)S(=O)(=O)C2=CC(Cl)C(NC3CC[C@@H](c4cccc(C(F)(F)F)c4)C[C@@H]3N(C)C)C=C2F)c(OC)c1. The second-order valence-corrected chi connectivity index (χ2v) is 14.5. The smallest absolute Gasteiger partial charge is 0.416 e. The van der Waals surface area contributed by atoms with Gasteiger partial charge in [0.1, 0.15) is 34.4 Å². The molecule has 0 spiro atoms. The predicted molar refractivity (Wildman–Crippen MR) is 180 cm³/mol. The Hall–Kier alpha value is -3.72. The second kappa shape index (κ2) is 15.0. The number of rotatable bonds is 11. The van der Waals surface area contributed by atoms with Gasteiger partial charge in [-0.3, -0.25) is 0 Å². The van der Waals surface area contributed by atoms with Crippen LogP contribution in [0, 0.1) is 0 Å². The first-order chi connectivity index (χ1) is 23.2. The minimum atomic E-state index is -4.56. The highest BCUT2D eigenvalue weighted by molar-refractivity contribution is 7.96. The zero-order valence-electron chi connectivity index (χ0n) is 27.4. The highest BCUT2D eigenvalue weighted by Gasteiger charge is 2.39. The van der Waals surface area contributed by atoms with Gasteiger partial charge in [0.05, 0.1) is 31.7 Å². The molecule has 2 aliphatic rings. The van der Waals surface area contributed by atoms with Crippen molar-refractivity contribution in [2.45, 2.75) is 61.4 Å². The number of methoxy groups -OCH3 is 2. The maximum absolute atomic E-state index is 16.0. The van der Waals surface area contributed by atoms with Gasteiger partial charge in [-0.1, -0.05) is 18.2 Å². The number of ether oxygens (including phenoxy) is 2. The first kappa shape index (κ1) is 36.6. The number of nitrogens with zero attached hydrogens (tertiary/aromatic N) is 4. The van der Waals surface area contributed by atoms with E-state index >= 15 is 4.39 Å². The van der Waals surface area contributed by atoms with Crippen LogP contribution in [0.3, 0.4) is 0 Å². The lowest BCUT2D eigenvalue weighted by molar-refractivity contribution is -0.137. The summed E-state index contributed by atoms with van der Waals surface area (Å²) in [6, 6.07) is 10.7. The molecule has 1 heterocycles. The summed E-state index contributed by atoms with van der Waals surface area (Å²) in [6.45, 7) is -0.245. The number of allylic oxidation sites excluding steroid dienone is 1. The standard InChI is InChI=1S/C34H38ClF4N5O4S/c1-43(2)30-15-22(21-6-5-7-24(14-21)34(37,38)39)9-11-28(30)42-29-18-27(36)32(17-26(29)35)49(45,46)44(33-12-13-40-20-41-33)19-23-8-10-25(47-3)16-31(23)48-4/h5-8,10,12-14,16-18,20,22,26,28-30,42H,9,11,15,19H2,1-4H3/t22-,26?,28?,29?,30+/m1/s1. The zero-order valence-corrected chi connectivity index (χ0v) is 28.9. The molecule has 1 fully saturated rings. The average molecular weight is 724 g/mol. The van der Waals surface area contributed by atoms with Crippen LogP contribution in [0.15, 0.2) is 83.9 Å². The van der Waals surface area contributed by atoms with Crippen LogP contribution in [0.1, 0.15) is 41.9 Å². The van der Waals surface area contributed by atoms with Gasteiger partial charge in [0, 0.05) is 42.0 Å². The van der Waals surface area contributed by atoms with Crippen LogP contribution in [0.4, 0.5) is 23.4 Å². The van der Waals surface area contributed by atoms with Gasteiger partial charge in [-0.25, -0.2) is 27.1 Å². The molecule has 1 N–H and O–H groups in total. The van der Waals surface area contributed by atoms with Gasteiger partial charge in [-0.05, 0) is 75.2 Å². The van der Waals surface area contributed by atoms with Crippen LogP contribution in [-0.4, -0.2) is 75.1 Å². The fourth-order valence-electron chi connectivity index (χ4n) is 6.42. The molecule has 0 bridgehead atoms. The maximum atomic E-state index is 16.0. The minimum Gasteiger partial charge on any atom is -0.497 e. The Morgan fingerprint density at radius 2 is 1.82 bits per heavy atom. The van der Waals surface area contributed by atoms with Crippen molar-refractivity contribution in [1.29, 1.82) is 0 Å². The van der Waals surface area contributed by atoms with E-state index in [9.17, 15) is 21.6 Å². The van der Waals surface area contributed by atoms with Crippen molar-refractivity contribution >= 4 is 27.4 Å². The molecule has 264 valence electrons. The van der Waals surface area contributed by atoms with Crippen molar-refractivity contribution < 1.29 is 35.5 Å². The lowest BCUT2D eigenvalue weighted by Crippen LogP contribution is -2.55. The van der Waals surface area contributed by atoms with Crippen molar-refractivity contribution in [1.82, 2.24) is 20.2 Å². The Morgan fingerprint density at radius 3 is 2.47 bits per heavy atom. The van der Waals surface area contributed by atoms with Gasteiger partial charge in [0.25, 0.3) is 10.0 Å². The summed E-state index contributed by atoms with van der Waals surface area (Å²) >= 11 is 6.76. The minimum absolute atomic E-state index is 0.0132. The molecule has 9 nitrogen and oxygen atoms in total. The fraction of sp³-hybridized carbons (Fsp3) is 0.412. The van der Waals surface area contributed by atoms with Gasteiger partial charge in [0.2, 0.25) is 0 Å². The normalized spacial score (nSPS) is 23.1. The van der Waals surface area contributed by atoms with E-state index in [2.05, 4.69) is 15.3 Å². The molecule has 3 unspecified atom stereocenters. The van der Waals surface area contributed by atoms with E-state index in [0.29, 0.717) is 41.9 Å². The Morgan fingerprint density at radius 1 is 1.04 bits per heavy atom. The summed E-state index contributed by atoms with van der Waals surface area (Å²) in [6.07, 6.45) is 2.24. The topological polar surface area (TPSA) is 96.9 Å². The second-order valence-electron chi connectivity index (χ2n) is 12.2. The Bertz CT molecular complexity index is 1790. The number of benzene rings is 2. The molecule has 0 saturated heterocycles. The number of anilines is 1. The van der Waals surface area contributed by atoms with Gasteiger partial charge < -0.3 is 19.7 Å². The van der Waals surface area contributed by atoms with Gasteiger partial charge >= 0.3 is 6.18 Å². The summed E-state index contributed by atoms with van der Waals surface area (Å²) < 4.78 is 96.1. The lowest BCUT2D eigenvalue weighted by Gasteiger charge is -2.42. The largest absolute Gasteiger partial charge is 0.497 e. The summed E-state index contributed by atoms with van der Waals surface area (Å²) in [4.78, 5) is 9.39. The van der Waals surface area contributed by atoms with E-state index in [0.717, 1.165) is 10.4 Å². The van der Waals surface area contributed by atoms with E-state index in [1.54, 1.807) is 24.3 Å². The van der Waals surface area contributed by atoms with Gasteiger partial charge in [-0.2, -0.15) is 13.2 Å². The molecule has 0 aliphatic heterocycles. The third kappa shape index (κ3) is 8.19. The predicted octanol–water partition coefficient (Wildman–Crippen LogP) is 6.43. The fourth-order valence-corrected chi connectivity index (χ4v) is 8.30. The molecule has 1 aromatic heterocycles. The molecule has 1 saturated carbocycles. The summed E-state index contributed by atoms with van der Waals surface area (Å²) in [5.74, 6) is -0.203. The molecule has 0 radical (unpaired) electrons. The van der Waals surface area contributed by atoms with E-state index in [-0.39, 0.29) is 30.4 Å².